The maximum absolute atomic E-state index is 9.65. The molecule has 2 nitrogen and oxygen atoms in total. The van der Waals surface area contributed by atoms with Gasteiger partial charge >= 0.3 is 0 Å². The third-order valence-electron chi connectivity index (χ3n) is 4.40. The maximum atomic E-state index is 9.65. The monoisotopic (exact) mass is 281 g/mol. The number of fused-ring (bicyclic) bond motifs is 1. The first-order chi connectivity index (χ1) is 10.3. The molecule has 0 aliphatic heterocycles. The van der Waals surface area contributed by atoms with E-state index in [0.29, 0.717) is 17.7 Å². The third-order valence-corrected chi connectivity index (χ3v) is 4.40. The molecular formula is C19H23NO. The molecule has 0 saturated heterocycles. The number of aromatic hydroxyl groups is 1. The summed E-state index contributed by atoms with van der Waals surface area (Å²) in [6, 6.07) is 16.8. The van der Waals surface area contributed by atoms with Gasteiger partial charge in [0.1, 0.15) is 5.75 Å². The average molecular weight is 281 g/mol. The van der Waals surface area contributed by atoms with Crippen molar-refractivity contribution in [2.75, 3.05) is 6.54 Å². The lowest BCUT2D eigenvalue weighted by Gasteiger charge is -2.37. The average Bonchev–Trinajstić information content (AvgIpc) is 2.46. The largest absolute Gasteiger partial charge is 0.508 e. The van der Waals surface area contributed by atoms with E-state index in [1.54, 1.807) is 6.07 Å². The minimum absolute atomic E-state index is 0.357. The fourth-order valence-electron chi connectivity index (χ4n) is 3.28. The lowest BCUT2D eigenvalue weighted by atomic mass is 9.72. The van der Waals surface area contributed by atoms with Crippen LogP contribution in [0, 0.1) is 0 Å². The van der Waals surface area contributed by atoms with Gasteiger partial charge in [0.15, 0.2) is 0 Å². The van der Waals surface area contributed by atoms with Crippen LogP contribution in [0.15, 0.2) is 48.5 Å². The van der Waals surface area contributed by atoms with Crippen LogP contribution in [-0.4, -0.2) is 17.7 Å². The van der Waals surface area contributed by atoms with Gasteiger partial charge in [-0.3, -0.25) is 0 Å². The van der Waals surface area contributed by atoms with Gasteiger partial charge in [-0.1, -0.05) is 43.3 Å². The first kappa shape index (κ1) is 14.2. The Hall–Kier alpha value is -1.80. The Kier molecular flexibility index (Phi) is 4.26. The molecule has 2 unspecified atom stereocenters. The highest BCUT2D eigenvalue weighted by Crippen LogP contribution is 2.38. The quantitative estimate of drug-likeness (QED) is 0.847. The van der Waals surface area contributed by atoms with E-state index in [4.69, 9.17) is 0 Å². The smallest absolute Gasteiger partial charge is 0.115 e. The van der Waals surface area contributed by atoms with Crippen LogP contribution in [-0.2, 0) is 12.8 Å². The van der Waals surface area contributed by atoms with Gasteiger partial charge in [-0.15, -0.1) is 0 Å². The predicted octanol–water partition coefficient (Wildman–Crippen LogP) is 3.64. The fraction of sp³-hybridized carbons (Fsp3) is 0.368. The molecule has 0 radical (unpaired) electrons. The Balaban J connectivity index is 1.76. The van der Waals surface area contributed by atoms with Crippen LogP contribution in [0.25, 0.3) is 0 Å². The van der Waals surface area contributed by atoms with Gasteiger partial charge in [0.05, 0.1) is 0 Å². The summed E-state index contributed by atoms with van der Waals surface area (Å²) < 4.78 is 0. The summed E-state index contributed by atoms with van der Waals surface area (Å²) in [5.41, 5.74) is 4.18. The van der Waals surface area contributed by atoms with Crippen molar-refractivity contribution < 1.29 is 5.11 Å². The van der Waals surface area contributed by atoms with E-state index >= 15 is 0 Å². The van der Waals surface area contributed by atoms with Gasteiger partial charge in [-0.2, -0.15) is 0 Å². The number of nitrogens with one attached hydrogen (secondary N) is 1. The van der Waals surface area contributed by atoms with Crippen LogP contribution in [0.4, 0.5) is 0 Å². The molecule has 2 atom stereocenters. The van der Waals surface area contributed by atoms with Gasteiger partial charge in [-0.05, 0) is 54.6 Å². The van der Waals surface area contributed by atoms with Gasteiger partial charge in [0.25, 0.3) is 0 Å². The molecule has 0 amide bonds. The SMILES string of the molecule is CCCNC(Cc1cccc(O)c1)C1Cc2ccccc21. The molecule has 1 aliphatic rings. The van der Waals surface area contributed by atoms with Gasteiger partial charge in [0.2, 0.25) is 0 Å². The van der Waals surface area contributed by atoms with E-state index in [-0.39, 0.29) is 0 Å². The Morgan fingerprint density at radius 1 is 1.19 bits per heavy atom. The summed E-state index contributed by atoms with van der Waals surface area (Å²) in [7, 11) is 0. The molecule has 0 fully saturated rings. The summed E-state index contributed by atoms with van der Waals surface area (Å²) in [6.45, 7) is 3.25. The molecule has 110 valence electrons. The van der Waals surface area contributed by atoms with Crippen molar-refractivity contribution in [2.45, 2.75) is 38.1 Å². The van der Waals surface area contributed by atoms with E-state index in [1.165, 1.54) is 16.7 Å². The third kappa shape index (κ3) is 3.11. The molecule has 2 aromatic carbocycles. The van der Waals surface area contributed by atoms with Gasteiger partial charge in [0, 0.05) is 12.0 Å². The number of benzene rings is 2. The number of hydrogen-bond donors (Lipinski definition) is 2. The van der Waals surface area contributed by atoms with E-state index in [2.05, 4.69) is 42.6 Å². The van der Waals surface area contributed by atoms with Crippen molar-refractivity contribution in [3.8, 4) is 5.75 Å². The topological polar surface area (TPSA) is 32.3 Å². The van der Waals surface area contributed by atoms with E-state index < -0.39 is 0 Å². The normalized spacial score (nSPS) is 17.9. The number of rotatable bonds is 6. The Labute approximate surface area is 126 Å². The zero-order valence-electron chi connectivity index (χ0n) is 12.5. The summed E-state index contributed by atoms with van der Waals surface area (Å²) in [4.78, 5) is 0. The molecule has 0 spiro atoms. The molecule has 0 saturated carbocycles. The number of hydrogen-bond acceptors (Lipinski definition) is 2. The van der Waals surface area contributed by atoms with E-state index in [1.807, 2.05) is 12.1 Å². The molecule has 1 aliphatic carbocycles. The molecule has 0 bridgehead atoms. The van der Waals surface area contributed by atoms with Crippen molar-refractivity contribution in [3.63, 3.8) is 0 Å². The minimum Gasteiger partial charge on any atom is -0.508 e. The first-order valence-electron chi connectivity index (χ1n) is 7.87. The molecule has 2 heteroatoms. The van der Waals surface area contributed by atoms with Crippen LogP contribution in [0.1, 0.15) is 36.0 Å². The van der Waals surface area contributed by atoms with Crippen LogP contribution in [0.2, 0.25) is 0 Å². The Morgan fingerprint density at radius 3 is 2.81 bits per heavy atom. The molecule has 3 rings (SSSR count). The highest BCUT2D eigenvalue weighted by Gasteiger charge is 2.32. The zero-order valence-corrected chi connectivity index (χ0v) is 12.5. The maximum Gasteiger partial charge on any atom is 0.115 e. The molecule has 21 heavy (non-hydrogen) atoms. The second-order valence-electron chi connectivity index (χ2n) is 5.94. The van der Waals surface area contributed by atoms with Crippen molar-refractivity contribution in [2.24, 2.45) is 0 Å². The van der Waals surface area contributed by atoms with Gasteiger partial charge in [-0.25, -0.2) is 0 Å². The van der Waals surface area contributed by atoms with Crippen LogP contribution in [0.5, 0.6) is 5.75 Å². The van der Waals surface area contributed by atoms with Crippen molar-refractivity contribution >= 4 is 0 Å². The van der Waals surface area contributed by atoms with Crippen LogP contribution < -0.4 is 5.32 Å². The summed E-state index contributed by atoms with van der Waals surface area (Å²) in [5, 5.41) is 13.3. The molecule has 2 N–H and O–H groups in total. The molecular weight excluding hydrogens is 258 g/mol. The highest BCUT2D eigenvalue weighted by atomic mass is 16.3. The number of phenolic OH excluding ortho intramolecular Hbond substituents is 1. The molecule has 0 aromatic heterocycles. The molecule has 0 heterocycles. The second-order valence-corrected chi connectivity index (χ2v) is 5.94. The summed E-state index contributed by atoms with van der Waals surface area (Å²) >= 11 is 0. The van der Waals surface area contributed by atoms with Crippen molar-refractivity contribution in [3.05, 3.63) is 65.2 Å². The Bertz CT molecular complexity index is 608. The highest BCUT2D eigenvalue weighted by molar-refractivity contribution is 5.42. The minimum atomic E-state index is 0.357. The fourth-order valence-corrected chi connectivity index (χ4v) is 3.28. The zero-order chi connectivity index (χ0) is 14.7. The van der Waals surface area contributed by atoms with Crippen molar-refractivity contribution in [1.82, 2.24) is 5.32 Å². The van der Waals surface area contributed by atoms with E-state index in [0.717, 1.165) is 25.8 Å². The summed E-state index contributed by atoms with van der Waals surface area (Å²) in [5.74, 6) is 0.950. The summed E-state index contributed by atoms with van der Waals surface area (Å²) in [6.07, 6.45) is 3.27. The van der Waals surface area contributed by atoms with Gasteiger partial charge < -0.3 is 10.4 Å². The van der Waals surface area contributed by atoms with Crippen LogP contribution >= 0.6 is 0 Å². The lowest BCUT2D eigenvalue weighted by molar-refractivity contribution is 0.396. The standard InChI is InChI=1S/C19H23NO/c1-2-10-20-19(12-14-6-5-8-16(21)11-14)18-13-15-7-3-4-9-17(15)18/h3-9,11,18-21H,2,10,12-13H2,1H3. The number of phenols is 1. The predicted molar refractivity (Wildman–Crippen MR) is 86.8 cm³/mol. The first-order valence-corrected chi connectivity index (χ1v) is 7.87. The Morgan fingerprint density at radius 2 is 2.05 bits per heavy atom. The second kappa shape index (κ2) is 6.31. The lowest BCUT2D eigenvalue weighted by Crippen LogP contribution is -2.41. The van der Waals surface area contributed by atoms with Crippen LogP contribution in [0.3, 0.4) is 0 Å². The molecule has 2 aromatic rings. The van der Waals surface area contributed by atoms with Crippen molar-refractivity contribution in [1.29, 1.82) is 0 Å². The van der Waals surface area contributed by atoms with E-state index in [9.17, 15) is 5.11 Å².